The minimum Gasteiger partial charge on any atom is -0.314 e. The van der Waals surface area contributed by atoms with E-state index >= 15 is 0 Å². The number of nitrogens with one attached hydrogen (secondary N) is 1. The molecule has 1 aliphatic rings. The number of para-hydroxylation sites is 1. The first-order chi connectivity index (χ1) is 9.24. The van der Waals surface area contributed by atoms with Gasteiger partial charge < -0.3 is 5.32 Å². The summed E-state index contributed by atoms with van der Waals surface area (Å²) in [5.74, 6) is 1.19. The molecule has 2 unspecified atom stereocenters. The fourth-order valence-corrected chi connectivity index (χ4v) is 2.48. The maximum atomic E-state index is 4.57. The Morgan fingerprint density at radius 1 is 1.26 bits per heavy atom. The van der Waals surface area contributed by atoms with Crippen molar-refractivity contribution >= 4 is 10.9 Å². The number of nitrogens with zero attached hydrogens (tertiary/aromatic N) is 1. The fraction of sp³-hybridized carbons (Fsp3) is 0.471. The van der Waals surface area contributed by atoms with Gasteiger partial charge in [0.25, 0.3) is 0 Å². The number of aromatic nitrogens is 1. The zero-order valence-corrected chi connectivity index (χ0v) is 11.8. The van der Waals surface area contributed by atoms with Crippen molar-refractivity contribution in [3.63, 3.8) is 0 Å². The van der Waals surface area contributed by atoms with Gasteiger partial charge in [0.05, 0.1) is 5.52 Å². The number of hydrogen-bond acceptors (Lipinski definition) is 2. The molecule has 0 saturated heterocycles. The first kappa shape index (κ1) is 12.6. The van der Waals surface area contributed by atoms with Crippen molar-refractivity contribution in [2.45, 2.75) is 38.6 Å². The summed E-state index contributed by atoms with van der Waals surface area (Å²) in [5, 5.41) is 4.87. The number of hydrogen-bond donors (Lipinski definition) is 1. The van der Waals surface area contributed by atoms with E-state index in [-0.39, 0.29) is 0 Å². The topological polar surface area (TPSA) is 24.9 Å². The van der Waals surface area contributed by atoms with Gasteiger partial charge in [-0.3, -0.25) is 4.98 Å². The van der Waals surface area contributed by atoms with Crippen LogP contribution in [0, 0.1) is 5.92 Å². The third-order valence-corrected chi connectivity index (χ3v) is 4.30. The molecule has 100 valence electrons. The van der Waals surface area contributed by atoms with Crippen LogP contribution in [0.4, 0.5) is 0 Å². The van der Waals surface area contributed by atoms with Crippen LogP contribution in [-0.2, 0) is 0 Å². The molecule has 2 atom stereocenters. The lowest BCUT2D eigenvalue weighted by molar-refractivity contribution is 0.446. The molecule has 0 aliphatic heterocycles. The average molecular weight is 254 g/mol. The standard InChI is InChI=1S/C17H22N2/c1-12(10-18-16-7-8-16)13(2)15-9-14-5-3-4-6-17(14)19-11-15/h3-6,9,11-13,16,18H,7-8,10H2,1-2H3. The van der Waals surface area contributed by atoms with Crippen LogP contribution < -0.4 is 5.32 Å². The molecule has 1 fully saturated rings. The van der Waals surface area contributed by atoms with Gasteiger partial charge in [0.15, 0.2) is 0 Å². The van der Waals surface area contributed by atoms with Gasteiger partial charge in [-0.1, -0.05) is 32.0 Å². The van der Waals surface area contributed by atoms with E-state index < -0.39 is 0 Å². The van der Waals surface area contributed by atoms with Gasteiger partial charge >= 0.3 is 0 Å². The Morgan fingerprint density at radius 3 is 2.84 bits per heavy atom. The Kier molecular flexibility index (Phi) is 3.52. The van der Waals surface area contributed by atoms with Crippen LogP contribution in [0.2, 0.25) is 0 Å². The van der Waals surface area contributed by atoms with Crippen LogP contribution >= 0.6 is 0 Å². The van der Waals surface area contributed by atoms with Crippen LogP contribution in [0.1, 0.15) is 38.2 Å². The maximum absolute atomic E-state index is 4.57. The maximum Gasteiger partial charge on any atom is 0.0702 e. The minimum atomic E-state index is 0.545. The van der Waals surface area contributed by atoms with E-state index in [1.165, 1.54) is 23.8 Å². The van der Waals surface area contributed by atoms with Crippen molar-refractivity contribution in [3.05, 3.63) is 42.1 Å². The first-order valence-electron chi connectivity index (χ1n) is 7.32. The second kappa shape index (κ2) is 5.30. The normalized spacial score (nSPS) is 18.4. The molecular formula is C17H22N2. The van der Waals surface area contributed by atoms with Gasteiger partial charge in [0.1, 0.15) is 0 Å². The Morgan fingerprint density at radius 2 is 2.05 bits per heavy atom. The summed E-state index contributed by atoms with van der Waals surface area (Å²) in [6.45, 7) is 5.75. The summed E-state index contributed by atoms with van der Waals surface area (Å²) in [7, 11) is 0. The molecule has 1 heterocycles. The average Bonchev–Trinajstić information content (AvgIpc) is 3.27. The van der Waals surface area contributed by atoms with Crippen LogP contribution in [0.3, 0.4) is 0 Å². The van der Waals surface area contributed by atoms with Gasteiger partial charge in [-0.25, -0.2) is 0 Å². The predicted molar refractivity (Wildman–Crippen MR) is 80.3 cm³/mol. The molecule has 0 amide bonds. The highest BCUT2D eigenvalue weighted by atomic mass is 14.9. The number of rotatable bonds is 5. The Bertz CT molecular complexity index is 560. The monoisotopic (exact) mass is 254 g/mol. The SMILES string of the molecule is CC(CNC1CC1)C(C)c1cnc2ccccc2c1. The lowest BCUT2D eigenvalue weighted by atomic mass is 9.89. The second-order valence-corrected chi connectivity index (χ2v) is 5.91. The fourth-order valence-electron chi connectivity index (χ4n) is 2.48. The van der Waals surface area contributed by atoms with E-state index in [1.54, 1.807) is 0 Å². The predicted octanol–water partition coefficient (Wildman–Crippen LogP) is 3.73. The molecule has 1 saturated carbocycles. The van der Waals surface area contributed by atoms with Crippen molar-refractivity contribution in [1.82, 2.24) is 10.3 Å². The zero-order chi connectivity index (χ0) is 13.2. The molecule has 1 aromatic carbocycles. The van der Waals surface area contributed by atoms with Crippen molar-refractivity contribution in [2.24, 2.45) is 5.92 Å². The van der Waals surface area contributed by atoms with Crippen molar-refractivity contribution < 1.29 is 0 Å². The van der Waals surface area contributed by atoms with E-state index in [1.807, 2.05) is 12.3 Å². The van der Waals surface area contributed by atoms with Gasteiger partial charge in [0, 0.05) is 17.6 Å². The summed E-state index contributed by atoms with van der Waals surface area (Å²) < 4.78 is 0. The highest BCUT2D eigenvalue weighted by Gasteiger charge is 2.22. The summed E-state index contributed by atoms with van der Waals surface area (Å²) >= 11 is 0. The third-order valence-electron chi connectivity index (χ3n) is 4.30. The molecule has 19 heavy (non-hydrogen) atoms. The van der Waals surface area contributed by atoms with Crippen LogP contribution in [0.25, 0.3) is 10.9 Å². The van der Waals surface area contributed by atoms with Gasteiger partial charge in [-0.2, -0.15) is 0 Å². The largest absolute Gasteiger partial charge is 0.314 e. The smallest absolute Gasteiger partial charge is 0.0702 e. The molecule has 2 nitrogen and oxygen atoms in total. The third kappa shape index (κ3) is 2.95. The van der Waals surface area contributed by atoms with E-state index in [4.69, 9.17) is 0 Å². The van der Waals surface area contributed by atoms with Crippen LogP contribution in [0.5, 0.6) is 0 Å². The van der Waals surface area contributed by atoms with Gasteiger partial charge in [0.2, 0.25) is 0 Å². The molecule has 1 aromatic heterocycles. The number of pyridine rings is 1. The lowest BCUT2D eigenvalue weighted by Gasteiger charge is -2.21. The van der Waals surface area contributed by atoms with E-state index in [0.29, 0.717) is 11.8 Å². The zero-order valence-electron chi connectivity index (χ0n) is 11.8. The molecule has 0 bridgehead atoms. The Labute approximate surface area is 115 Å². The molecule has 1 N–H and O–H groups in total. The Balaban J connectivity index is 1.73. The van der Waals surface area contributed by atoms with Crippen molar-refractivity contribution in [3.8, 4) is 0 Å². The quantitative estimate of drug-likeness (QED) is 0.879. The molecule has 3 rings (SSSR count). The second-order valence-electron chi connectivity index (χ2n) is 5.91. The molecule has 2 aromatic rings. The summed E-state index contributed by atoms with van der Waals surface area (Å²) in [4.78, 5) is 4.57. The summed E-state index contributed by atoms with van der Waals surface area (Å²) in [6.07, 6.45) is 4.76. The molecule has 0 radical (unpaired) electrons. The highest BCUT2D eigenvalue weighted by Crippen LogP contribution is 2.27. The first-order valence-corrected chi connectivity index (χ1v) is 7.32. The molecule has 0 spiro atoms. The minimum absolute atomic E-state index is 0.545. The summed E-state index contributed by atoms with van der Waals surface area (Å²) in [6, 6.07) is 11.4. The van der Waals surface area contributed by atoms with Crippen LogP contribution in [-0.4, -0.2) is 17.6 Å². The van der Waals surface area contributed by atoms with E-state index in [9.17, 15) is 0 Å². The van der Waals surface area contributed by atoms with E-state index in [0.717, 1.165) is 18.1 Å². The number of benzene rings is 1. The Hall–Kier alpha value is -1.41. The van der Waals surface area contributed by atoms with Crippen molar-refractivity contribution in [1.29, 1.82) is 0 Å². The summed E-state index contributed by atoms with van der Waals surface area (Å²) in [5.41, 5.74) is 2.44. The van der Waals surface area contributed by atoms with Crippen LogP contribution in [0.15, 0.2) is 36.5 Å². The number of fused-ring (bicyclic) bond motifs is 1. The van der Waals surface area contributed by atoms with Gasteiger partial charge in [-0.15, -0.1) is 0 Å². The lowest BCUT2D eigenvalue weighted by Crippen LogP contribution is -2.26. The molecule has 2 heteroatoms. The molecule has 1 aliphatic carbocycles. The van der Waals surface area contributed by atoms with Gasteiger partial charge in [-0.05, 0) is 48.9 Å². The highest BCUT2D eigenvalue weighted by molar-refractivity contribution is 5.78. The van der Waals surface area contributed by atoms with Crippen molar-refractivity contribution in [2.75, 3.05) is 6.54 Å². The van der Waals surface area contributed by atoms with E-state index in [2.05, 4.69) is 48.4 Å². The molecular weight excluding hydrogens is 232 g/mol.